The smallest absolute Gasteiger partial charge is 0.416 e. The Labute approximate surface area is 234 Å². The van der Waals surface area contributed by atoms with Gasteiger partial charge in [0, 0.05) is 34.2 Å². The fourth-order valence-corrected chi connectivity index (χ4v) is 4.96. The highest BCUT2D eigenvalue weighted by molar-refractivity contribution is 6.01. The number of anilines is 1. The summed E-state index contributed by atoms with van der Waals surface area (Å²) in [6.07, 6.45) is -4.03. The molecule has 1 unspecified atom stereocenters. The first kappa shape index (κ1) is 28.1. The lowest BCUT2D eigenvalue weighted by Gasteiger charge is -2.28. The van der Waals surface area contributed by atoms with Crippen molar-refractivity contribution in [2.24, 2.45) is 0 Å². The van der Waals surface area contributed by atoms with Gasteiger partial charge in [-0.15, -0.1) is 0 Å². The van der Waals surface area contributed by atoms with Crippen LogP contribution in [0.15, 0.2) is 60.7 Å². The Bertz CT molecular complexity index is 1570. The zero-order chi connectivity index (χ0) is 29.4. The summed E-state index contributed by atoms with van der Waals surface area (Å²) >= 11 is 0. The third kappa shape index (κ3) is 5.72. The minimum Gasteiger partial charge on any atom is -0.497 e. The quantitative estimate of drug-likeness (QED) is 0.301. The number of carbonyl (C=O) groups excluding carboxylic acids is 2. The van der Waals surface area contributed by atoms with Crippen molar-refractivity contribution < 1.29 is 42.1 Å². The first-order valence-corrected chi connectivity index (χ1v) is 12.7. The van der Waals surface area contributed by atoms with Crippen LogP contribution in [0.1, 0.15) is 51.9 Å². The zero-order valence-electron chi connectivity index (χ0n) is 22.2. The SMILES string of the molecule is COc1ccc(C#CC(O)(CC2(c3cc(C(F)(F)F)ccc3OC)CC2)C(=O)Nc2ccc3c(c2)COC3=O)cc1. The van der Waals surface area contributed by atoms with E-state index in [2.05, 4.69) is 17.2 Å². The molecule has 41 heavy (non-hydrogen) atoms. The van der Waals surface area contributed by atoms with Crippen molar-refractivity contribution in [2.75, 3.05) is 19.5 Å². The van der Waals surface area contributed by atoms with E-state index in [9.17, 15) is 27.9 Å². The molecule has 10 heteroatoms. The number of benzene rings is 3. The number of halogens is 3. The van der Waals surface area contributed by atoms with Crippen molar-refractivity contribution in [2.45, 2.75) is 43.1 Å². The number of aliphatic hydroxyl groups is 1. The molecule has 0 bridgehead atoms. The summed E-state index contributed by atoms with van der Waals surface area (Å²) in [5.41, 5.74) is -2.14. The Morgan fingerprint density at radius 1 is 1.05 bits per heavy atom. The molecule has 0 aromatic heterocycles. The number of methoxy groups -OCH3 is 2. The van der Waals surface area contributed by atoms with Crippen LogP contribution in [0.25, 0.3) is 0 Å². The summed E-state index contributed by atoms with van der Waals surface area (Å²) in [4.78, 5) is 25.4. The van der Waals surface area contributed by atoms with E-state index in [-0.39, 0.29) is 24.3 Å². The van der Waals surface area contributed by atoms with Crippen molar-refractivity contribution >= 4 is 17.6 Å². The predicted octanol–water partition coefficient (Wildman–Crippen LogP) is 5.24. The first-order chi connectivity index (χ1) is 19.5. The van der Waals surface area contributed by atoms with Crippen LogP contribution < -0.4 is 14.8 Å². The maximum Gasteiger partial charge on any atom is 0.416 e. The number of alkyl halides is 3. The standard InChI is InChI=1S/C31H26F3NO6/c1-39-23-7-3-19(4-8-23)11-12-30(38,28(37)35-22-6-9-24-20(15-22)17-41-27(24)36)18-29(13-14-29)25-16-21(31(32,33)34)5-10-26(25)40-2/h3-10,15-16,38H,13-14,17-18H2,1-2H3,(H,35,37). The topological polar surface area (TPSA) is 94.1 Å². The average Bonchev–Trinajstić information content (AvgIpc) is 3.64. The lowest BCUT2D eigenvalue weighted by molar-refractivity contribution is -0.137. The van der Waals surface area contributed by atoms with Gasteiger partial charge in [-0.05, 0) is 73.5 Å². The van der Waals surface area contributed by atoms with Crippen LogP contribution in [0.2, 0.25) is 0 Å². The number of nitrogens with one attached hydrogen (secondary N) is 1. The van der Waals surface area contributed by atoms with Crippen LogP contribution in [0, 0.1) is 11.8 Å². The van der Waals surface area contributed by atoms with E-state index >= 15 is 0 Å². The number of amides is 1. The van der Waals surface area contributed by atoms with E-state index in [0.29, 0.717) is 41.0 Å². The third-order valence-electron chi connectivity index (χ3n) is 7.37. The summed E-state index contributed by atoms with van der Waals surface area (Å²) in [5.74, 6) is 5.01. The minimum atomic E-state index is -4.59. The van der Waals surface area contributed by atoms with Crippen LogP contribution in [-0.2, 0) is 27.7 Å². The highest BCUT2D eigenvalue weighted by atomic mass is 19.4. The second kappa shape index (κ2) is 10.5. The molecule has 2 aliphatic rings. The van der Waals surface area contributed by atoms with Crippen molar-refractivity contribution in [3.8, 4) is 23.3 Å². The van der Waals surface area contributed by atoms with Crippen LogP contribution >= 0.6 is 0 Å². The fourth-order valence-electron chi connectivity index (χ4n) is 4.96. The Balaban J connectivity index is 1.51. The first-order valence-electron chi connectivity index (χ1n) is 12.7. The summed E-state index contributed by atoms with van der Waals surface area (Å²) < 4.78 is 56.3. The van der Waals surface area contributed by atoms with Gasteiger partial charge >= 0.3 is 12.1 Å². The molecule has 1 fully saturated rings. The molecule has 0 saturated heterocycles. The normalized spacial score (nSPS) is 16.4. The number of esters is 1. The molecular weight excluding hydrogens is 539 g/mol. The van der Waals surface area contributed by atoms with Gasteiger partial charge in [0.2, 0.25) is 5.60 Å². The number of hydrogen-bond donors (Lipinski definition) is 2. The van der Waals surface area contributed by atoms with Crippen molar-refractivity contribution in [3.05, 3.63) is 88.5 Å². The Hall–Kier alpha value is -4.49. The second-order valence-corrected chi connectivity index (χ2v) is 10.1. The fraction of sp³-hybridized carbons (Fsp3) is 0.290. The van der Waals surface area contributed by atoms with Gasteiger partial charge in [0.25, 0.3) is 5.91 Å². The third-order valence-corrected chi connectivity index (χ3v) is 7.37. The van der Waals surface area contributed by atoms with Gasteiger partial charge in [-0.1, -0.05) is 11.8 Å². The minimum absolute atomic E-state index is 0.0534. The molecule has 1 heterocycles. The van der Waals surface area contributed by atoms with Crippen molar-refractivity contribution in [1.29, 1.82) is 0 Å². The molecule has 0 spiro atoms. The largest absolute Gasteiger partial charge is 0.497 e. The second-order valence-electron chi connectivity index (χ2n) is 10.1. The van der Waals surface area contributed by atoms with E-state index in [1.807, 2.05) is 0 Å². The molecule has 1 atom stereocenters. The average molecular weight is 566 g/mol. The van der Waals surface area contributed by atoms with E-state index in [1.54, 1.807) is 30.3 Å². The predicted molar refractivity (Wildman–Crippen MR) is 143 cm³/mol. The number of cyclic esters (lactones) is 1. The highest BCUT2D eigenvalue weighted by Gasteiger charge is 2.54. The van der Waals surface area contributed by atoms with Gasteiger partial charge in [-0.25, -0.2) is 4.79 Å². The molecule has 5 rings (SSSR count). The molecule has 1 aliphatic heterocycles. The van der Waals surface area contributed by atoms with Crippen LogP contribution in [0.5, 0.6) is 11.5 Å². The Morgan fingerprint density at radius 3 is 2.41 bits per heavy atom. The van der Waals surface area contributed by atoms with Gasteiger partial charge in [-0.2, -0.15) is 13.2 Å². The van der Waals surface area contributed by atoms with Gasteiger partial charge in [0.1, 0.15) is 18.1 Å². The number of ether oxygens (including phenoxy) is 3. The van der Waals surface area contributed by atoms with E-state index < -0.39 is 34.6 Å². The molecule has 1 saturated carbocycles. The molecule has 212 valence electrons. The van der Waals surface area contributed by atoms with Crippen LogP contribution in [-0.4, -0.2) is 36.8 Å². The van der Waals surface area contributed by atoms with Crippen molar-refractivity contribution in [1.82, 2.24) is 0 Å². The molecule has 1 aliphatic carbocycles. The van der Waals surface area contributed by atoms with Crippen LogP contribution in [0.3, 0.4) is 0 Å². The summed E-state index contributed by atoms with van der Waals surface area (Å²) in [7, 11) is 2.87. The molecule has 1 amide bonds. The molecule has 2 N–H and O–H groups in total. The molecular formula is C31H26F3NO6. The van der Waals surface area contributed by atoms with E-state index in [0.717, 1.165) is 12.1 Å². The molecule has 3 aromatic rings. The van der Waals surface area contributed by atoms with Gasteiger partial charge < -0.3 is 24.6 Å². The highest BCUT2D eigenvalue weighted by Crippen LogP contribution is 2.56. The van der Waals surface area contributed by atoms with Gasteiger partial charge in [0.15, 0.2) is 0 Å². The maximum atomic E-state index is 13.6. The lowest BCUT2D eigenvalue weighted by atomic mass is 9.81. The Kier molecular flexibility index (Phi) is 7.17. The van der Waals surface area contributed by atoms with E-state index in [1.165, 1.54) is 32.4 Å². The zero-order valence-corrected chi connectivity index (χ0v) is 22.2. The molecule has 0 radical (unpaired) electrons. The van der Waals surface area contributed by atoms with Gasteiger partial charge in [-0.3, -0.25) is 4.79 Å². The Morgan fingerprint density at radius 2 is 1.78 bits per heavy atom. The summed E-state index contributed by atoms with van der Waals surface area (Å²) in [6.45, 7) is 0.0534. The summed E-state index contributed by atoms with van der Waals surface area (Å²) in [5, 5.41) is 14.5. The monoisotopic (exact) mass is 565 g/mol. The number of carbonyl (C=O) groups is 2. The number of fused-ring (bicyclic) bond motifs is 1. The van der Waals surface area contributed by atoms with E-state index in [4.69, 9.17) is 14.2 Å². The molecule has 3 aromatic carbocycles. The maximum absolute atomic E-state index is 13.6. The molecule has 7 nitrogen and oxygen atoms in total. The van der Waals surface area contributed by atoms with Crippen LogP contribution in [0.4, 0.5) is 18.9 Å². The number of hydrogen-bond acceptors (Lipinski definition) is 6. The lowest BCUT2D eigenvalue weighted by Crippen LogP contribution is -2.44. The van der Waals surface area contributed by atoms with Gasteiger partial charge in [0.05, 0.1) is 25.3 Å². The summed E-state index contributed by atoms with van der Waals surface area (Å²) in [6, 6.07) is 14.4. The number of rotatable bonds is 7. The van der Waals surface area contributed by atoms with Crippen molar-refractivity contribution in [3.63, 3.8) is 0 Å².